The van der Waals surface area contributed by atoms with E-state index in [-0.39, 0.29) is 5.41 Å². The van der Waals surface area contributed by atoms with Gasteiger partial charge in [-0.1, -0.05) is 74.0 Å². The lowest BCUT2D eigenvalue weighted by atomic mass is 9.61. The number of piperidine rings is 1. The maximum atomic E-state index is 3.61. The summed E-state index contributed by atoms with van der Waals surface area (Å²) in [5, 5.41) is 3.61. The highest BCUT2D eigenvalue weighted by molar-refractivity contribution is 5.41. The molecule has 0 saturated carbocycles. The molecule has 1 nitrogen and oxygen atoms in total. The molecule has 2 aromatic carbocycles. The summed E-state index contributed by atoms with van der Waals surface area (Å²) >= 11 is 0. The second kappa shape index (κ2) is 6.44. The first-order valence-corrected chi connectivity index (χ1v) is 8.19. The molecule has 1 aliphatic heterocycles. The van der Waals surface area contributed by atoms with Gasteiger partial charge < -0.3 is 5.32 Å². The Morgan fingerprint density at radius 2 is 1.52 bits per heavy atom. The zero-order valence-corrected chi connectivity index (χ0v) is 12.9. The molecule has 21 heavy (non-hydrogen) atoms. The Bertz CT molecular complexity index is 505. The van der Waals surface area contributed by atoms with Gasteiger partial charge in [0.05, 0.1) is 0 Å². The van der Waals surface area contributed by atoms with E-state index in [0.29, 0.717) is 5.92 Å². The summed E-state index contributed by atoms with van der Waals surface area (Å²) in [6, 6.07) is 22.3. The second-order valence-electron chi connectivity index (χ2n) is 6.14. The van der Waals surface area contributed by atoms with Crippen LogP contribution in [0.25, 0.3) is 0 Å². The fraction of sp³-hybridized carbons (Fsp3) is 0.400. The van der Waals surface area contributed by atoms with E-state index < -0.39 is 0 Å². The van der Waals surface area contributed by atoms with Gasteiger partial charge in [-0.25, -0.2) is 0 Å². The van der Waals surface area contributed by atoms with Crippen LogP contribution in [0.5, 0.6) is 0 Å². The summed E-state index contributed by atoms with van der Waals surface area (Å²) in [5.74, 6) is 0.668. The first-order chi connectivity index (χ1) is 10.4. The minimum absolute atomic E-state index is 0.170. The summed E-state index contributed by atoms with van der Waals surface area (Å²) in [4.78, 5) is 0. The molecule has 2 aromatic rings. The van der Waals surface area contributed by atoms with Crippen LogP contribution in [0.15, 0.2) is 60.7 Å². The summed E-state index contributed by atoms with van der Waals surface area (Å²) in [6.45, 7) is 4.52. The average Bonchev–Trinajstić information content (AvgIpc) is 2.57. The van der Waals surface area contributed by atoms with Crippen molar-refractivity contribution in [3.8, 4) is 0 Å². The third-order valence-corrected chi connectivity index (χ3v) is 5.00. The van der Waals surface area contributed by atoms with Crippen LogP contribution in [0, 0.1) is 5.92 Å². The molecule has 1 heteroatoms. The van der Waals surface area contributed by atoms with Crippen molar-refractivity contribution in [2.75, 3.05) is 13.1 Å². The Kier molecular flexibility index (Phi) is 4.40. The SMILES string of the molecule is CCCC1CNCCC1(c1ccccc1)c1ccccc1. The maximum absolute atomic E-state index is 3.61. The number of nitrogens with one attached hydrogen (secondary N) is 1. The van der Waals surface area contributed by atoms with Gasteiger partial charge in [-0.3, -0.25) is 0 Å². The highest BCUT2D eigenvalue weighted by atomic mass is 14.9. The Hall–Kier alpha value is -1.60. The Morgan fingerprint density at radius 3 is 2.05 bits per heavy atom. The molecule has 1 saturated heterocycles. The average molecular weight is 279 g/mol. The molecule has 0 amide bonds. The molecule has 1 atom stereocenters. The number of hydrogen-bond acceptors (Lipinski definition) is 1. The highest BCUT2D eigenvalue weighted by Gasteiger charge is 2.42. The molecule has 1 N–H and O–H groups in total. The lowest BCUT2D eigenvalue weighted by molar-refractivity contribution is 0.228. The number of rotatable bonds is 4. The molecule has 1 fully saturated rings. The van der Waals surface area contributed by atoms with Gasteiger partial charge in [0.25, 0.3) is 0 Å². The molecule has 0 bridgehead atoms. The molecule has 0 aromatic heterocycles. The summed E-state index contributed by atoms with van der Waals surface area (Å²) < 4.78 is 0. The monoisotopic (exact) mass is 279 g/mol. The Morgan fingerprint density at radius 1 is 0.952 bits per heavy atom. The van der Waals surface area contributed by atoms with Crippen LogP contribution in [-0.4, -0.2) is 13.1 Å². The van der Waals surface area contributed by atoms with Crippen molar-refractivity contribution in [1.82, 2.24) is 5.32 Å². The van der Waals surface area contributed by atoms with E-state index in [9.17, 15) is 0 Å². The molecule has 0 aliphatic carbocycles. The van der Waals surface area contributed by atoms with Gasteiger partial charge in [0.15, 0.2) is 0 Å². The molecular formula is C20H25N. The van der Waals surface area contributed by atoms with E-state index in [0.717, 1.165) is 13.1 Å². The minimum atomic E-state index is 0.170. The van der Waals surface area contributed by atoms with Gasteiger partial charge in [-0.2, -0.15) is 0 Å². The first-order valence-electron chi connectivity index (χ1n) is 8.19. The van der Waals surface area contributed by atoms with E-state index in [4.69, 9.17) is 0 Å². The van der Waals surface area contributed by atoms with Crippen molar-refractivity contribution in [2.45, 2.75) is 31.6 Å². The predicted octanol–water partition coefficient (Wildman–Crippen LogP) is 4.38. The van der Waals surface area contributed by atoms with Crippen LogP contribution in [-0.2, 0) is 5.41 Å². The summed E-state index contributed by atoms with van der Waals surface area (Å²) in [6.07, 6.45) is 3.70. The molecule has 0 radical (unpaired) electrons. The Labute approximate surface area is 128 Å². The normalized spacial score (nSPS) is 21.1. The van der Waals surface area contributed by atoms with Gasteiger partial charge in [0.2, 0.25) is 0 Å². The van der Waals surface area contributed by atoms with E-state index >= 15 is 0 Å². The Balaban J connectivity index is 2.14. The van der Waals surface area contributed by atoms with Gasteiger partial charge >= 0.3 is 0 Å². The van der Waals surface area contributed by atoms with Crippen LogP contribution >= 0.6 is 0 Å². The largest absolute Gasteiger partial charge is 0.316 e. The van der Waals surface area contributed by atoms with Gasteiger partial charge in [0.1, 0.15) is 0 Å². The van der Waals surface area contributed by atoms with E-state index in [1.54, 1.807) is 0 Å². The van der Waals surface area contributed by atoms with Crippen LogP contribution in [0.2, 0.25) is 0 Å². The maximum Gasteiger partial charge on any atom is 0.0255 e. The molecule has 0 spiro atoms. The van der Waals surface area contributed by atoms with Crippen molar-refractivity contribution in [3.05, 3.63) is 71.8 Å². The van der Waals surface area contributed by atoms with Crippen LogP contribution < -0.4 is 5.32 Å². The van der Waals surface area contributed by atoms with Crippen molar-refractivity contribution < 1.29 is 0 Å². The number of benzene rings is 2. The topological polar surface area (TPSA) is 12.0 Å². The molecule has 1 unspecified atom stereocenters. The summed E-state index contributed by atoms with van der Waals surface area (Å²) in [5.41, 5.74) is 3.14. The zero-order valence-electron chi connectivity index (χ0n) is 12.9. The molecule has 3 rings (SSSR count). The number of hydrogen-bond donors (Lipinski definition) is 1. The summed E-state index contributed by atoms with van der Waals surface area (Å²) in [7, 11) is 0. The second-order valence-corrected chi connectivity index (χ2v) is 6.14. The third-order valence-electron chi connectivity index (χ3n) is 5.00. The minimum Gasteiger partial charge on any atom is -0.316 e. The van der Waals surface area contributed by atoms with Crippen molar-refractivity contribution in [2.24, 2.45) is 5.92 Å². The van der Waals surface area contributed by atoms with Gasteiger partial charge in [-0.05, 0) is 43.0 Å². The predicted molar refractivity (Wildman–Crippen MR) is 89.5 cm³/mol. The van der Waals surface area contributed by atoms with Crippen molar-refractivity contribution in [3.63, 3.8) is 0 Å². The van der Waals surface area contributed by atoms with Gasteiger partial charge in [0, 0.05) is 5.41 Å². The van der Waals surface area contributed by atoms with E-state index in [1.807, 2.05) is 0 Å². The van der Waals surface area contributed by atoms with Crippen molar-refractivity contribution >= 4 is 0 Å². The lowest BCUT2D eigenvalue weighted by Gasteiger charge is -2.46. The smallest absolute Gasteiger partial charge is 0.0255 e. The van der Waals surface area contributed by atoms with E-state index in [2.05, 4.69) is 72.9 Å². The third kappa shape index (κ3) is 2.63. The quantitative estimate of drug-likeness (QED) is 0.875. The fourth-order valence-corrected chi connectivity index (χ4v) is 4.03. The van der Waals surface area contributed by atoms with Crippen LogP contribution in [0.3, 0.4) is 0 Å². The fourth-order valence-electron chi connectivity index (χ4n) is 4.03. The van der Waals surface area contributed by atoms with E-state index in [1.165, 1.54) is 30.4 Å². The molecule has 1 heterocycles. The van der Waals surface area contributed by atoms with Crippen LogP contribution in [0.1, 0.15) is 37.3 Å². The van der Waals surface area contributed by atoms with Gasteiger partial charge in [-0.15, -0.1) is 0 Å². The lowest BCUT2D eigenvalue weighted by Crippen LogP contribution is -2.48. The molecular weight excluding hydrogens is 254 g/mol. The van der Waals surface area contributed by atoms with Crippen molar-refractivity contribution in [1.29, 1.82) is 0 Å². The molecule has 110 valence electrons. The molecule has 1 aliphatic rings. The highest BCUT2D eigenvalue weighted by Crippen LogP contribution is 2.45. The standard InChI is InChI=1S/C20H25N/c1-2-9-19-16-21-15-14-20(19,17-10-5-3-6-11-17)18-12-7-4-8-13-18/h3-8,10-13,19,21H,2,9,14-16H2,1H3. The zero-order chi connectivity index (χ0) is 14.5. The first kappa shape index (κ1) is 14.3. The van der Waals surface area contributed by atoms with Crippen LogP contribution in [0.4, 0.5) is 0 Å².